The lowest BCUT2D eigenvalue weighted by Crippen LogP contribution is -2.50. The van der Waals surface area contributed by atoms with Crippen molar-refractivity contribution >= 4 is 29.1 Å². The average Bonchev–Trinajstić information content (AvgIpc) is 3.14. The summed E-state index contributed by atoms with van der Waals surface area (Å²) in [4.78, 5) is 43.8. The van der Waals surface area contributed by atoms with Gasteiger partial charge in [0, 0.05) is 47.2 Å². The van der Waals surface area contributed by atoms with Crippen molar-refractivity contribution in [1.82, 2.24) is 10.3 Å². The Hall–Kier alpha value is -3.42. The number of anilines is 2. The number of amides is 2. The number of carbonyl (C=O) groups is 3. The van der Waals surface area contributed by atoms with E-state index in [0.29, 0.717) is 34.5 Å². The van der Waals surface area contributed by atoms with E-state index in [1.807, 2.05) is 12.1 Å². The first kappa shape index (κ1) is 26.6. The van der Waals surface area contributed by atoms with E-state index < -0.39 is 5.91 Å². The fourth-order valence-electron chi connectivity index (χ4n) is 5.91. The standard InChI is InChI=1S/C29H39N5O3/c1-4-6-21(7-5-2)32-26-14-19(8-12-25(26)28(30)36)29(37)33-22-15-23-10-11-24(16-22)34(23)27-13-9-20(17-31-27)18(3)35/h8-9,12-14,17,21-24,32H,4-7,10-11,15-16H2,1-3H3,(H2,30,36)(H,33,37). The van der Waals surface area contributed by atoms with Gasteiger partial charge in [-0.05, 0) is 75.8 Å². The number of aromatic nitrogens is 1. The molecule has 0 saturated carbocycles. The van der Waals surface area contributed by atoms with Crippen molar-refractivity contribution in [3.8, 4) is 0 Å². The number of rotatable bonds is 11. The molecule has 8 nitrogen and oxygen atoms in total. The van der Waals surface area contributed by atoms with Crippen LogP contribution in [0.2, 0.25) is 0 Å². The lowest BCUT2D eigenvalue weighted by atomic mass is 9.96. The van der Waals surface area contributed by atoms with Crippen molar-refractivity contribution in [3.63, 3.8) is 0 Å². The fraction of sp³-hybridized carbons (Fsp3) is 0.517. The molecule has 198 valence electrons. The van der Waals surface area contributed by atoms with Gasteiger partial charge in [-0.2, -0.15) is 0 Å². The van der Waals surface area contributed by atoms with Gasteiger partial charge in [0.15, 0.2) is 5.78 Å². The molecule has 0 aliphatic carbocycles. The SMILES string of the molecule is CCCC(CCC)Nc1cc(C(=O)NC2CC3CCC(C2)N3c2ccc(C(C)=O)cn2)ccc1C(N)=O. The summed E-state index contributed by atoms with van der Waals surface area (Å²) in [6.07, 6.45) is 9.48. The smallest absolute Gasteiger partial charge is 0.251 e. The van der Waals surface area contributed by atoms with Crippen LogP contribution in [0.3, 0.4) is 0 Å². The molecule has 1 aromatic heterocycles. The van der Waals surface area contributed by atoms with Crippen molar-refractivity contribution in [2.24, 2.45) is 5.73 Å². The molecule has 1 aromatic carbocycles. The molecule has 4 N–H and O–H groups in total. The monoisotopic (exact) mass is 505 g/mol. The van der Waals surface area contributed by atoms with Crippen LogP contribution in [0.4, 0.5) is 11.5 Å². The second-order valence-electron chi connectivity index (χ2n) is 10.4. The minimum absolute atomic E-state index is 0.0110. The van der Waals surface area contributed by atoms with Crippen LogP contribution < -0.4 is 21.3 Å². The first-order valence-electron chi connectivity index (χ1n) is 13.6. The van der Waals surface area contributed by atoms with Gasteiger partial charge in [-0.3, -0.25) is 14.4 Å². The van der Waals surface area contributed by atoms with E-state index in [-0.39, 0.29) is 23.8 Å². The quantitative estimate of drug-likeness (QED) is 0.381. The van der Waals surface area contributed by atoms with Gasteiger partial charge in [0.25, 0.3) is 11.8 Å². The van der Waals surface area contributed by atoms with Gasteiger partial charge in [0.05, 0.1) is 5.56 Å². The van der Waals surface area contributed by atoms with Crippen LogP contribution >= 0.6 is 0 Å². The first-order chi connectivity index (χ1) is 17.8. The Morgan fingerprint density at radius 2 is 1.68 bits per heavy atom. The van der Waals surface area contributed by atoms with Gasteiger partial charge < -0.3 is 21.3 Å². The molecule has 2 fully saturated rings. The summed E-state index contributed by atoms with van der Waals surface area (Å²) >= 11 is 0. The molecule has 2 unspecified atom stereocenters. The molecule has 37 heavy (non-hydrogen) atoms. The third-order valence-corrected chi connectivity index (χ3v) is 7.67. The highest BCUT2D eigenvalue weighted by Gasteiger charge is 2.41. The van der Waals surface area contributed by atoms with Crippen LogP contribution in [0.15, 0.2) is 36.5 Å². The molecule has 2 bridgehead atoms. The van der Waals surface area contributed by atoms with Crippen LogP contribution in [0.1, 0.15) is 103 Å². The number of pyridine rings is 1. The van der Waals surface area contributed by atoms with Crippen LogP contribution in [-0.4, -0.2) is 46.7 Å². The number of hydrogen-bond donors (Lipinski definition) is 3. The topological polar surface area (TPSA) is 117 Å². The highest BCUT2D eigenvalue weighted by atomic mass is 16.2. The summed E-state index contributed by atoms with van der Waals surface area (Å²) in [5.74, 6) is 0.268. The molecule has 4 rings (SSSR count). The highest BCUT2D eigenvalue weighted by molar-refractivity contribution is 6.02. The lowest BCUT2D eigenvalue weighted by molar-refractivity contribution is 0.0924. The number of piperidine rings is 1. The molecular formula is C29H39N5O3. The molecular weight excluding hydrogens is 466 g/mol. The van der Waals surface area contributed by atoms with Gasteiger partial charge in [0.1, 0.15) is 5.82 Å². The molecule has 2 amide bonds. The summed E-state index contributed by atoms with van der Waals surface area (Å²) in [5, 5.41) is 6.71. The third kappa shape index (κ3) is 6.12. The van der Waals surface area contributed by atoms with Crippen LogP contribution in [0, 0.1) is 0 Å². The number of ketones is 1. The third-order valence-electron chi connectivity index (χ3n) is 7.67. The Kier molecular flexibility index (Phi) is 8.46. The number of nitrogens with zero attached hydrogens (tertiary/aromatic N) is 2. The van der Waals surface area contributed by atoms with Crippen molar-refractivity contribution in [1.29, 1.82) is 0 Å². The van der Waals surface area contributed by atoms with Crippen molar-refractivity contribution < 1.29 is 14.4 Å². The zero-order valence-corrected chi connectivity index (χ0v) is 22.1. The van der Waals surface area contributed by atoms with E-state index >= 15 is 0 Å². The van der Waals surface area contributed by atoms with Gasteiger partial charge in [0.2, 0.25) is 0 Å². The van der Waals surface area contributed by atoms with E-state index in [2.05, 4.69) is 34.4 Å². The maximum Gasteiger partial charge on any atom is 0.251 e. The summed E-state index contributed by atoms with van der Waals surface area (Å²) in [6, 6.07) is 9.76. The Bertz CT molecular complexity index is 1110. The van der Waals surface area contributed by atoms with Crippen molar-refractivity contribution in [2.45, 2.75) is 96.3 Å². The second-order valence-corrected chi connectivity index (χ2v) is 10.4. The number of nitrogens with two attached hydrogens (primary N) is 1. The maximum atomic E-state index is 13.3. The first-order valence-corrected chi connectivity index (χ1v) is 13.6. The average molecular weight is 506 g/mol. The molecule has 2 atom stereocenters. The number of fused-ring (bicyclic) bond motifs is 2. The van der Waals surface area contributed by atoms with Gasteiger partial charge in [-0.25, -0.2) is 4.98 Å². The number of hydrogen-bond acceptors (Lipinski definition) is 6. The van der Waals surface area contributed by atoms with E-state index in [4.69, 9.17) is 5.73 Å². The normalized spacial score (nSPS) is 20.6. The molecule has 2 aliphatic heterocycles. The van der Waals surface area contributed by atoms with E-state index in [0.717, 1.165) is 57.2 Å². The Balaban J connectivity index is 1.44. The predicted molar refractivity (Wildman–Crippen MR) is 146 cm³/mol. The summed E-state index contributed by atoms with van der Waals surface area (Å²) in [6.45, 7) is 5.82. The lowest BCUT2D eigenvalue weighted by Gasteiger charge is -2.40. The number of primary amides is 1. The van der Waals surface area contributed by atoms with Gasteiger partial charge in [-0.15, -0.1) is 0 Å². The van der Waals surface area contributed by atoms with Crippen molar-refractivity contribution in [3.05, 3.63) is 53.2 Å². The molecule has 3 heterocycles. The Morgan fingerprint density at radius 1 is 1.03 bits per heavy atom. The van der Waals surface area contributed by atoms with Crippen LogP contribution in [0.5, 0.6) is 0 Å². The minimum Gasteiger partial charge on any atom is -0.382 e. The number of carbonyl (C=O) groups excluding carboxylic acids is 3. The molecule has 2 saturated heterocycles. The molecule has 0 spiro atoms. The van der Waals surface area contributed by atoms with Crippen LogP contribution in [-0.2, 0) is 0 Å². The van der Waals surface area contributed by atoms with Crippen LogP contribution in [0.25, 0.3) is 0 Å². The number of benzene rings is 1. The minimum atomic E-state index is -0.505. The summed E-state index contributed by atoms with van der Waals surface area (Å²) in [5.41, 5.74) is 7.80. The van der Waals surface area contributed by atoms with E-state index in [1.54, 1.807) is 31.3 Å². The second kappa shape index (κ2) is 11.8. The Labute approximate surface area is 219 Å². The van der Waals surface area contributed by atoms with E-state index in [9.17, 15) is 14.4 Å². The van der Waals surface area contributed by atoms with Crippen molar-refractivity contribution in [2.75, 3.05) is 10.2 Å². The molecule has 8 heteroatoms. The largest absolute Gasteiger partial charge is 0.382 e. The van der Waals surface area contributed by atoms with E-state index in [1.165, 1.54) is 0 Å². The zero-order chi connectivity index (χ0) is 26.5. The highest BCUT2D eigenvalue weighted by Crippen LogP contribution is 2.38. The molecule has 0 radical (unpaired) electrons. The predicted octanol–water partition coefficient (Wildman–Crippen LogP) is 4.69. The Morgan fingerprint density at radius 3 is 2.22 bits per heavy atom. The zero-order valence-electron chi connectivity index (χ0n) is 22.1. The summed E-state index contributed by atoms with van der Waals surface area (Å²) in [7, 11) is 0. The number of nitrogens with one attached hydrogen (secondary N) is 2. The number of Topliss-reactive ketones (excluding diaryl/α,β-unsaturated/α-hetero) is 1. The van der Waals surface area contributed by atoms with Gasteiger partial charge >= 0.3 is 0 Å². The maximum absolute atomic E-state index is 13.3. The summed E-state index contributed by atoms with van der Waals surface area (Å²) < 4.78 is 0. The molecule has 2 aromatic rings. The van der Waals surface area contributed by atoms with Gasteiger partial charge in [-0.1, -0.05) is 26.7 Å². The fourth-order valence-corrected chi connectivity index (χ4v) is 5.91. The molecule has 2 aliphatic rings.